The smallest absolute Gasteiger partial charge is 0.338 e. The summed E-state index contributed by atoms with van der Waals surface area (Å²) in [6.45, 7) is 4.14. The molecule has 1 aromatic carbocycles. The molecule has 3 nitrogen and oxygen atoms in total. The fourth-order valence-electron chi connectivity index (χ4n) is 1.41. The highest BCUT2D eigenvalue weighted by molar-refractivity contribution is 5.89. The van der Waals surface area contributed by atoms with E-state index in [2.05, 4.69) is 0 Å². The highest BCUT2D eigenvalue weighted by Gasteiger charge is 2.07. The fourth-order valence-corrected chi connectivity index (χ4v) is 1.41. The van der Waals surface area contributed by atoms with Crippen molar-refractivity contribution >= 4 is 5.97 Å². The van der Waals surface area contributed by atoms with Crippen LogP contribution < -0.4 is 5.73 Å². The van der Waals surface area contributed by atoms with Crippen LogP contribution in [0.4, 0.5) is 0 Å². The summed E-state index contributed by atoms with van der Waals surface area (Å²) in [7, 11) is 0. The lowest BCUT2D eigenvalue weighted by molar-refractivity contribution is 0.0526. The first kappa shape index (κ1) is 11.7. The third-order valence-corrected chi connectivity index (χ3v) is 2.00. The molecule has 0 radical (unpaired) electrons. The van der Waals surface area contributed by atoms with Crippen LogP contribution in [-0.2, 0) is 11.2 Å². The summed E-state index contributed by atoms with van der Waals surface area (Å²) in [5, 5.41) is 0. The van der Waals surface area contributed by atoms with Gasteiger partial charge in [-0.3, -0.25) is 0 Å². The second kappa shape index (κ2) is 5.51. The first-order valence-corrected chi connectivity index (χ1v) is 5.15. The highest BCUT2D eigenvalue weighted by atomic mass is 16.5. The summed E-state index contributed by atoms with van der Waals surface area (Å²) in [6.07, 6.45) is 0.771. The lowest BCUT2D eigenvalue weighted by atomic mass is 10.0. The van der Waals surface area contributed by atoms with Crippen LogP contribution in [0.3, 0.4) is 0 Å². The van der Waals surface area contributed by atoms with Crippen LogP contribution in [0.15, 0.2) is 24.3 Å². The standard InChI is InChI=1S/C12H17NO2/c1-3-15-12(14)11-6-4-5-10(8-11)7-9(2)13/h4-6,8-9H,3,7,13H2,1-2H3. The largest absolute Gasteiger partial charge is 0.462 e. The molecule has 2 N–H and O–H groups in total. The Balaban J connectivity index is 2.78. The van der Waals surface area contributed by atoms with Gasteiger partial charge in [0.05, 0.1) is 12.2 Å². The topological polar surface area (TPSA) is 52.3 Å². The Morgan fingerprint density at radius 1 is 1.53 bits per heavy atom. The van der Waals surface area contributed by atoms with E-state index in [9.17, 15) is 4.79 Å². The van der Waals surface area contributed by atoms with Gasteiger partial charge in [-0.05, 0) is 38.0 Å². The molecule has 1 atom stereocenters. The quantitative estimate of drug-likeness (QED) is 0.765. The van der Waals surface area contributed by atoms with Crippen molar-refractivity contribution in [2.45, 2.75) is 26.3 Å². The van der Waals surface area contributed by atoms with Crippen molar-refractivity contribution in [3.8, 4) is 0 Å². The van der Waals surface area contributed by atoms with Gasteiger partial charge in [-0.2, -0.15) is 0 Å². The summed E-state index contributed by atoms with van der Waals surface area (Å²) in [6, 6.07) is 7.50. The summed E-state index contributed by atoms with van der Waals surface area (Å²) in [5.41, 5.74) is 7.35. The zero-order valence-corrected chi connectivity index (χ0v) is 9.19. The van der Waals surface area contributed by atoms with Gasteiger partial charge in [-0.15, -0.1) is 0 Å². The van der Waals surface area contributed by atoms with Gasteiger partial charge in [-0.1, -0.05) is 12.1 Å². The van der Waals surface area contributed by atoms with Crippen molar-refractivity contribution in [1.29, 1.82) is 0 Å². The van der Waals surface area contributed by atoms with E-state index >= 15 is 0 Å². The van der Waals surface area contributed by atoms with Crippen LogP contribution in [0.5, 0.6) is 0 Å². The Kier molecular flexibility index (Phi) is 4.31. The van der Waals surface area contributed by atoms with E-state index < -0.39 is 0 Å². The number of carbonyl (C=O) groups is 1. The van der Waals surface area contributed by atoms with Crippen molar-refractivity contribution < 1.29 is 9.53 Å². The van der Waals surface area contributed by atoms with E-state index in [-0.39, 0.29) is 12.0 Å². The van der Waals surface area contributed by atoms with E-state index in [0.717, 1.165) is 12.0 Å². The molecule has 3 heteroatoms. The predicted octanol–water partition coefficient (Wildman–Crippen LogP) is 1.75. The number of hydrogen-bond donors (Lipinski definition) is 1. The molecule has 0 aliphatic carbocycles. The maximum atomic E-state index is 11.4. The van der Waals surface area contributed by atoms with Crippen molar-refractivity contribution in [3.63, 3.8) is 0 Å². The van der Waals surface area contributed by atoms with E-state index in [1.54, 1.807) is 13.0 Å². The maximum Gasteiger partial charge on any atom is 0.338 e. The first-order chi connectivity index (χ1) is 7.13. The molecule has 0 aliphatic rings. The molecule has 0 aliphatic heterocycles. The molecule has 1 unspecified atom stereocenters. The van der Waals surface area contributed by atoms with Crippen molar-refractivity contribution in [1.82, 2.24) is 0 Å². The average Bonchev–Trinajstić information content (AvgIpc) is 2.17. The Morgan fingerprint density at radius 2 is 2.27 bits per heavy atom. The fraction of sp³-hybridized carbons (Fsp3) is 0.417. The van der Waals surface area contributed by atoms with Gasteiger partial charge in [0.2, 0.25) is 0 Å². The SMILES string of the molecule is CCOC(=O)c1cccc(CC(C)N)c1. The van der Waals surface area contributed by atoms with E-state index in [1.807, 2.05) is 25.1 Å². The van der Waals surface area contributed by atoms with Gasteiger partial charge in [0.15, 0.2) is 0 Å². The second-order valence-electron chi connectivity index (χ2n) is 3.60. The third kappa shape index (κ3) is 3.72. The Hall–Kier alpha value is -1.35. The Bertz CT molecular complexity index is 334. The molecular formula is C12H17NO2. The molecule has 0 fully saturated rings. The zero-order chi connectivity index (χ0) is 11.3. The van der Waals surface area contributed by atoms with Gasteiger partial charge in [0.1, 0.15) is 0 Å². The van der Waals surface area contributed by atoms with Gasteiger partial charge in [0, 0.05) is 6.04 Å². The average molecular weight is 207 g/mol. The number of esters is 1. The Morgan fingerprint density at radius 3 is 2.87 bits per heavy atom. The first-order valence-electron chi connectivity index (χ1n) is 5.15. The number of carbonyl (C=O) groups excluding carboxylic acids is 1. The molecule has 1 rings (SSSR count). The molecule has 1 aromatic rings. The molecule has 0 spiro atoms. The maximum absolute atomic E-state index is 11.4. The van der Waals surface area contributed by atoms with Crippen molar-refractivity contribution in [3.05, 3.63) is 35.4 Å². The lowest BCUT2D eigenvalue weighted by Gasteiger charge is -2.07. The van der Waals surface area contributed by atoms with Crippen molar-refractivity contribution in [2.24, 2.45) is 5.73 Å². The van der Waals surface area contributed by atoms with Crippen LogP contribution in [-0.4, -0.2) is 18.6 Å². The number of nitrogens with two attached hydrogens (primary N) is 1. The molecule has 0 saturated heterocycles. The molecule has 15 heavy (non-hydrogen) atoms. The zero-order valence-electron chi connectivity index (χ0n) is 9.19. The monoisotopic (exact) mass is 207 g/mol. The minimum Gasteiger partial charge on any atom is -0.462 e. The Labute approximate surface area is 90.2 Å². The highest BCUT2D eigenvalue weighted by Crippen LogP contribution is 2.08. The minimum atomic E-state index is -0.274. The molecule has 0 bridgehead atoms. The molecule has 0 amide bonds. The predicted molar refractivity (Wildman–Crippen MR) is 59.8 cm³/mol. The molecular weight excluding hydrogens is 190 g/mol. The molecule has 0 heterocycles. The van der Waals surface area contributed by atoms with Crippen LogP contribution in [0, 0.1) is 0 Å². The molecule has 0 saturated carbocycles. The van der Waals surface area contributed by atoms with E-state index in [4.69, 9.17) is 10.5 Å². The van der Waals surface area contributed by atoms with Gasteiger partial charge < -0.3 is 10.5 Å². The summed E-state index contributed by atoms with van der Waals surface area (Å²) in [5.74, 6) is -0.274. The van der Waals surface area contributed by atoms with E-state index in [1.165, 1.54) is 0 Å². The number of hydrogen-bond acceptors (Lipinski definition) is 3. The lowest BCUT2D eigenvalue weighted by Crippen LogP contribution is -2.18. The molecule has 0 aromatic heterocycles. The minimum absolute atomic E-state index is 0.0995. The number of ether oxygens (including phenoxy) is 1. The van der Waals surface area contributed by atoms with E-state index in [0.29, 0.717) is 12.2 Å². The summed E-state index contributed by atoms with van der Waals surface area (Å²) >= 11 is 0. The van der Waals surface area contributed by atoms with Crippen LogP contribution in [0.1, 0.15) is 29.8 Å². The van der Waals surface area contributed by atoms with Crippen LogP contribution in [0.25, 0.3) is 0 Å². The number of rotatable bonds is 4. The third-order valence-electron chi connectivity index (χ3n) is 2.00. The number of benzene rings is 1. The normalized spacial score (nSPS) is 12.2. The van der Waals surface area contributed by atoms with Gasteiger partial charge in [0.25, 0.3) is 0 Å². The van der Waals surface area contributed by atoms with Gasteiger partial charge >= 0.3 is 5.97 Å². The van der Waals surface area contributed by atoms with Crippen LogP contribution >= 0.6 is 0 Å². The molecule has 82 valence electrons. The van der Waals surface area contributed by atoms with Gasteiger partial charge in [-0.25, -0.2) is 4.79 Å². The second-order valence-corrected chi connectivity index (χ2v) is 3.60. The summed E-state index contributed by atoms with van der Waals surface area (Å²) < 4.78 is 4.92. The summed E-state index contributed by atoms with van der Waals surface area (Å²) in [4.78, 5) is 11.4. The van der Waals surface area contributed by atoms with Crippen molar-refractivity contribution in [2.75, 3.05) is 6.61 Å². The van der Waals surface area contributed by atoms with Crippen LogP contribution in [0.2, 0.25) is 0 Å².